The number of nitrogens with zero attached hydrogens (tertiary/aromatic N) is 2. The van der Waals surface area contributed by atoms with Crippen LogP contribution in [0.3, 0.4) is 0 Å². The Morgan fingerprint density at radius 2 is 1.74 bits per heavy atom. The summed E-state index contributed by atoms with van der Waals surface area (Å²) < 4.78 is 25.7. The third-order valence-electron chi connectivity index (χ3n) is 3.53. The third-order valence-corrected chi connectivity index (χ3v) is 5.33. The van der Waals surface area contributed by atoms with E-state index < -0.39 is 14.8 Å². The first-order chi connectivity index (χ1) is 10.9. The zero-order valence-electron chi connectivity index (χ0n) is 12.1. The summed E-state index contributed by atoms with van der Waals surface area (Å²) in [5, 5.41) is 11.3. The van der Waals surface area contributed by atoms with Crippen molar-refractivity contribution in [1.82, 2.24) is 4.98 Å². The highest BCUT2D eigenvalue weighted by atomic mass is 32.2. The first-order valence-electron chi connectivity index (χ1n) is 6.75. The van der Waals surface area contributed by atoms with Gasteiger partial charge < -0.3 is 0 Å². The van der Waals surface area contributed by atoms with Gasteiger partial charge in [-0.2, -0.15) is 0 Å². The van der Waals surface area contributed by atoms with Gasteiger partial charge in [-0.15, -0.1) is 0 Å². The second-order valence-electron chi connectivity index (χ2n) is 5.06. The van der Waals surface area contributed by atoms with Crippen LogP contribution in [0, 0.1) is 17.0 Å². The van der Waals surface area contributed by atoms with Crippen molar-refractivity contribution in [2.75, 3.05) is 0 Å². The molecule has 0 spiro atoms. The number of non-ortho nitro benzene ring substituents is 1. The molecule has 0 unspecified atom stereocenters. The summed E-state index contributed by atoms with van der Waals surface area (Å²) in [6.07, 6.45) is 1.42. The maximum Gasteiger partial charge on any atom is 0.278 e. The smallest absolute Gasteiger partial charge is 0.258 e. The second kappa shape index (κ2) is 5.44. The van der Waals surface area contributed by atoms with Gasteiger partial charge in [-0.25, -0.2) is 8.42 Å². The molecule has 0 aliphatic carbocycles. The van der Waals surface area contributed by atoms with Gasteiger partial charge >= 0.3 is 0 Å². The Kier molecular flexibility index (Phi) is 3.57. The molecule has 0 amide bonds. The van der Waals surface area contributed by atoms with Gasteiger partial charge in [-0.05, 0) is 37.3 Å². The Balaban J connectivity index is 2.30. The molecule has 0 bridgehead atoms. The molecule has 0 saturated heterocycles. The Labute approximate surface area is 132 Å². The molecule has 0 aliphatic heterocycles. The van der Waals surface area contributed by atoms with Gasteiger partial charge in [0.25, 0.3) is 5.69 Å². The van der Waals surface area contributed by atoms with Crippen LogP contribution in [0.5, 0.6) is 0 Å². The standard InChI is InChI=1S/C16H12N2O4S/c1-11-4-6-12(7-5-11)23(21,22)15-9-8-14(18(19)20)13-3-2-10-17-16(13)15/h2-10H,1H3. The van der Waals surface area contributed by atoms with E-state index in [1.165, 1.54) is 42.6 Å². The molecule has 3 aromatic rings. The van der Waals surface area contributed by atoms with E-state index in [1.54, 1.807) is 12.1 Å². The Bertz CT molecular complexity index is 1010. The van der Waals surface area contributed by atoms with Crippen LogP contribution in [0.2, 0.25) is 0 Å². The minimum Gasteiger partial charge on any atom is -0.258 e. The molecule has 116 valence electrons. The number of benzene rings is 2. The highest BCUT2D eigenvalue weighted by molar-refractivity contribution is 7.91. The van der Waals surface area contributed by atoms with E-state index in [1.807, 2.05) is 6.92 Å². The molecule has 0 fully saturated rings. The second-order valence-corrected chi connectivity index (χ2v) is 6.97. The van der Waals surface area contributed by atoms with E-state index in [0.717, 1.165) is 5.56 Å². The Hall–Kier alpha value is -2.80. The average Bonchev–Trinajstić information content (AvgIpc) is 2.54. The summed E-state index contributed by atoms with van der Waals surface area (Å²) in [5.74, 6) is 0. The summed E-state index contributed by atoms with van der Waals surface area (Å²) in [7, 11) is -3.81. The summed E-state index contributed by atoms with van der Waals surface area (Å²) >= 11 is 0. The molecular weight excluding hydrogens is 316 g/mol. The van der Waals surface area contributed by atoms with Gasteiger partial charge in [0, 0.05) is 12.3 Å². The maximum atomic E-state index is 12.8. The van der Waals surface area contributed by atoms with Crippen LogP contribution in [0.15, 0.2) is 64.5 Å². The molecule has 0 saturated carbocycles. The first kappa shape index (κ1) is 15.1. The van der Waals surface area contributed by atoms with Crippen LogP contribution < -0.4 is 0 Å². The zero-order valence-corrected chi connectivity index (χ0v) is 12.9. The number of hydrogen-bond donors (Lipinski definition) is 0. The highest BCUT2D eigenvalue weighted by Crippen LogP contribution is 2.32. The average molecular weight is 328 g/mol. The third kappa shape index (κ3) is 2.55. The lowest BCUT2D eigenvalue weighted by Crippen LogP contribution is -2.04. The lowest BCUT2D eigenvalue weighted by molar-refractivity contribution is -0.383. The maximum absolute atomic E-state index is 12.8. The number of sulfone groups is 1. The van der Waals surface area contributed by atoms with Gasteiger partial charge in [-0.3, -0.25) is 15.1 Å². The summed E-state index contributed by atoms with van der Waals surface area (Å²) in [4.78, 5) is 14.7. The molecule has 7 heteroatoms. The van der Waals surface area contributed by atoms with Gasteiger partial charge in [-0.1, -0.05) is 17.7 Å². The molecule has 1 heterocycles. The molecule has 0 radical (unpaired) electrons. The lowest BCUT2D eigenvalue weighted by Gasteiger charge is -2.08. The number of nitro benzene ring substituents is 1. The molecule has 2 aromatic carbocycles. The van der Waals surface area contributed by atoms with E-state index in [4.69, 9.17) is 0 Å². The first-order valence-corrected chi connectivity index (χ1v) is 8.23. The number of nitro groups is 1. The van der Waals surface area contributed by atoms with Crippen molar-refractivity contribution >= 4 is 26.4 Å². The van der Waals surface area contributed by atoms with E-state index in [9.17, 15) is 18.5 Å². The van der Waals surface area contributed by atoms with Gasteiger partial charge in [0.05, 0.1) is 25.6 Å². The number of aromatic nitrogens is 1. The largest absolute Gasteiger partial charge is 0.278 e. The number of rotatable bonds is 3. The van der Waals surface area contributed by atoms with E-state index in [-0.39, 0.29) is 26.4 Å². The van der Waals surface area contributed by atoms with Crippen molar-refractivity contribution in [3.05, 3.63) is 70.4 Å². The van der Waals surface area contributed by atoms with Gasteiger partial charge in [0.15, 0.2) is 0 Å². The number of pyridine rings is 1. The topological polar surface area (TPSA) is 90.2 Å². The van der Waals surface area contributed by atoms with Crippen LogP contribution in [0.4, 0.5) is 5.69 Å². The minimum absolute atomic E-state index is 0.0393. The summed E-state index contributed by atoms with van der Waals surface area (Å²) in [5.41, 5.74) is 0.869. The van der Waals surface area contributed by atoms with E-state index in [2.05, 4.69) is 4.98 Å². The summed E-state index contributed by atoms with van der Waals surface area (Å²) in [6.45, 7) is 1.86. The lowest BCUT2D eigenvalue weighted by atomic mass is 10.2. The zero-order chi connectivity index (χ0) is 16.6. The van der Waals surface area contributed by atoms with Gasteiger partial charge in [0.1, 0.15) is 0 Å². The number of aryl methyl sites for hydroxylation is 1. The molecule has 0 N–H and O–H groups in total. The van der Waals surface area contributed by atoms with Crippen LogP contribution in [-0.4, -0.2) is 18.3 Å². The van der Waals surface area contributed by atoms with Crippen molar-refractivity contribution in [3.8, 4) is 0 Å². The Morgan fingerprint density at radius 1 is 1.04 bits per heavy atom. The van der Waals surface area contributed by atoms with Gasteiger partial charge in [0.2, 0.25) is 9.84 Å². The molecule has 0 aliphatic rings. The van der Waals surface area contributed by atoms with E-state index >= 15 is 0 Å². The van der Waals surface area contributed by atoms with Crippen molar-refractivity contribution < 1.29 is 13.3 Å². The van der Waals surface area contributed by atoms with Crippen LogP contribution >= 0.6 is 0 Å². The fraction of sp³-hybridized carbons (Fsp3) is 0.0625. The predicted molar refractivity (Wildman–Crippen MR) is 85.0 cm³/mol. The molecule has 0 atom stereocenters. The van der Waals surface area contributed by atoms with Crippen molar-refractivity contribution in [1.29, 1.82) is 0 Å². The molecular formula is C16H12N2O4S. The highest BCUT2D eigenvalue weighted by Gasteiger charge is 2.24. The number of fused-ring (bicyclic) bond motifs is 1. The monoisotopic (exact) mass is 328 g/mol. The summed E-state index contributed by atoms with van der Waals surface area (Å²) in [6, 6.07) is 11.9. The van der Waals surface area contributed by atoms with Crippen LogP contribution in [0.25, 0.3) is 10.9 Å². The van der Waals surface area contributed by atoms with Crippen molar-refractivity contribution in [2.24, 2.45) is 0 Å². The SMILES string of the molecule is Cc1ccc(S(=O)(=O)c2ccc([N+](=O)[O-])c3cccnc23)cc1. The predicted octanol–water partition coefficient (Wildman–Crippen LogP) is 3.28. The fourth-order valence-corrected chi connectivity index (χ4v) is 3.76. The molecule has 1 aromatic heterocycles. The molecule has 23 heavy (non-hydrogen) atoms. The van der Waals surface area contributed by atoms with E-state index in [0.29, 0.717) is 0 Å². The van der Waals surface area contributed by atoms with Crippen molar-refractivity contribution in [2.45, 2.75) is 16.7 Å². The number of hydrogen-bond acceptors (Lipinski definition) is 5. The molecule has 3 rings (SSSR count). The molecule has 6 nitrogen and oxygen atoms in total. The minimum atomic E-state index is -3.81. The van der Waals surface area contributed by atoms with Crippen molar-refractivity contribution in [3.63, 3.8) is 0 Å². The Morgan fingerprint density at radius 3 is 2.39 bits per heavy atom. The quantitative estimate of drug-likeness (QED) is 0.543. The van der Waals surface area contributed by atoms with Crippen LogP contribution in [0.1, 0.15) is 5.56 Å². The fourth-order valence-electron chi connectivity index (χ4n) is 2.35. The van der Waals surface area contributed by atoms with Crippen LogP contribution in [-0.2, 0) is 9.84 Å². The normalized spacial score (nSPS) is 11.5.